The second-order valence-electron chi connectivity index (χ2n) is 8.24. The molecule has 3 rings (SSSR count). The van der Waals surface area contributed by atoms with E-state index in [1.54, 1.807) is 16.2 Å². The molecule has 0 bridgehead atoms. The maximum atomic E-state index is 13.4. The molecule has 0 saturated heterocycles. The molecule has 1 heterocycles. The number of halogens is 1. The Morgan fingerprint density at radius 3 is 2.38 bits per heavy atom. The fraction of sp³-hybridized carbons (Fsp3) is 0.440. The molecule has 0 aliphatic carbocycles. The van der Waals surface area contributed by atoms with Crippen LogP contribution in [0.25, 0.3) is 10.2 Å². The highest BCUT2D eigenvalue weighted by Crippen LogP contribution is 2.31. The molecule has 5 nitrogen and oxygen atoms in total. The molecule has 0 radical (unpaired) electrons. The Kier molecular flexibility index (Phi) is 9.94. The van der Waals surface area contributed by atoms with Crippen LogP contribution in [0.4, 0.5) is 5.13 Å². The number of unbranched alkanes of at least 4 members (excludes halogenated alkanes) is 2. The molecular formula is C25H34ClN3O2S. The average molecular weight is 476 g/mol. The van der Waals surface area contributed by atoms with Gasteiger partial charge in [-0.15, -0.1) is 12.4 Å². The lowest BCUT2D eigenvalue weighted by atomic mass is 10.1. The van der Waals surface area contributed by atoms with Crippen molar-refractivity contribution in [2.45, 2.75) is 40.0 Å². The number of anilines is 1. The number of benzene rings is 2. The van der Waals surface area contributed by atoms with Gasteiger partial charge in [0.15, 0.2) is 5.13 Å². The molecule has 0 aliphatic rings. The van der Waals surface area contributed by atoms with Gasteiger partial charge in [0.05, 0.1) is 16.8 Å². The van der Waals surface area contributed by atoms with E-state index < -0.39 is 0 Å². The number of carbonyl (C=O) groups is 1. The van der Waals surface area contributed by atoms with Gasteiger partial charge >= 0.3 is 0 Å². The van der Waals surface area contributed by atoms with Crippen LogP contribution in [0.1, 0.15) is 47.7 Å². The highest BCUT2D eigenvalue weighted by Gasteiger charge is 2.21. The van der Waals surface area contributed by atoms with Crippen LogP contribution in [-0.4, -0.2) is 49.6 Å². The van der Waals surface area contributed by atoms with Crippen LogP contribution in [0.5, 0.6) is 5.75 Å². The van der Waals surface area contributed by atoms with E-state index in [1.807, 2.05) is 38.4 Å². The maximum absolute atomic E-state index is 13.4. The zero-order valence-corrected chi connectivity index (χ0v) is 21.3. The van der Waals surface area contributed by atoms with E-state index in [-0.39, 0.29) is 18.3 Å². The van der Waals surface area contributed by atoms with Gasteiger partial charge in [-0.05, 0) is 81.9 Å². The van der Waals surface area contributed by atoms with Crippen molar-refractivity contribution in [2.24, 2.45) is 0 Å². The van der Waals surface area contributed by atoms with E-state index in [9.17, 15) is 4.79 Å². The number of aromatic nitrogens is 1. The van der Waals surface area contributed by atoms with Crippen LogP contribution < -0.4 is 9.64 Å². The summed E-state index contributed by atoms with van der Waals surface area (Å²) in [5.74, 6) is 0.769. The van der Waals surface area contributed by atoms with Crippen molar-refractivity contribution < 1.29 is 9.53 Å². The first-order chi connectivity index (χ1) is 14.9. The van der Waals surface area contributed by atoms with E-state index in [0.29, 0.717) is 18.7 Å². The molecule has 1 amide bonds. The normalized spacial score (nSPS) is 10.9. The molecular weight excluding hydrogens is 442 g/mol. The zero-order chi connectivity index (χ0) is 22.4. The van der Waals surface area contributed by atoms with Gasteiger partial charge in [-0.3, -0.25) is 9.69 Å². The first kappa shape index (κ1) is 26.1. The third kappa shape index (κ3) is 6.67. The predicted octanol–water partition coefficient (Wildman–Crippen LogP) is 6.11. The Morgan fingerprint density at radius 1 is 1.03 bits per heavy atom. The van der Waals surface area contributed by atoms with Crippen molar-refractivity contribution >= 4 is 45.0 Å². The lowest BCUT2D eigenvalue weighted by molar-refractivity contribution is 0.0985. The quantitative estimate of drug-likeness (QED) is 0.332. The number of thiazole rings is 1. The van der Waals surface area contributed by atoms with Crippen molar-refractivity contribution in [1.82, 2.24) is 9.88 Å². The summed E-state index contributed by atoms with van der Waals surface area (Å²) in [6.07, 6.45) is 3.38. The van der Waals surface area contributed by atoms with Gasteiger partial charge in [0.2, 0.25) is 0 Å². The van der Waals surface area contributed by atoms with E-state index >= 15 is 0 Å². The van der Waals surface area contributed by atoms with Gasteiger partial charge in [0.25, 0.3) is 5.91 Å². The highest BCUT2D eigenvalue weighted by molar-refractivity contribution is 7.22. The molecule has 0 fully saturated rings. The van der Waals surface area contributed by atoms with Crippen LogP contribution in [0.3, 0.4) is 0 Å². The van der Waals surface area contributed by atoms with Crippen molar-refractivity contribution in [3.05, 3.63) is 53.1 Å². The molecule has 3 aromatic rings. The molecule has 32 heavy (non-hydrogen) atoms. The fourth-order valence-electron chi connectivity index (χ4n) is 3.26. The number of rotatable bonds is 10. The Labute approximate surface area is 201 Å². The Balaban J connectivity index is 0.00000363. The summed E-state index contributed by atoms with van der Waals surface area (Å²) in [6, 6.07) is 11.7. The van der Waals surface area contributed by atoms with Crippen molar-refractivity contribution in [1.29, 1.82) is 0 Å². The first-order valence-electron chi connectivity index (χ1n) is 11.0. The van der Waals surface area contributed by atoms with Crippen LogP contribution in [0.15, 0.2) is 36.4 Å². The van der Waals surface area contributed by atoms with E-state index in [4.69, 9.17) is 9.72 Å². The van der Waals surface area contributed by atoms with Crippen LogP contribution >= 0.6 is 23.7 Å². The summed E-state index contributed by atoms with van der Waals surface area (Å²) in [5.41, 5.74) is 4.04. The van der Waals surface area contributed by atoms with E-state index in [2.05, 4.69) is 37.8 Å². The number of hydrogen-bond acceptors (Lipinski definition) is 5. The molecule has 7 heteroatoms. The summed E-state index contributed by atoms with van der Waals surface area (Å²) in [6.45, 7) is 8.43. The van der Waals surface area contributed by atoms with Crippen molar-refractivity contribution in [3.8, 4) is 5.75 Å². The zero-order valence-electron chi connectivity index (χ0n) is 19.7. The molecule has 0 saturated carbocycles. The fourth-order valence-corrected chi connectivity index (χ4v) is 4.33. The largest absolute Gasteiger partial charge is 0.494 e. The van der Waals surface area contributed by atoms with Gasteiger partial charge in [0, 0.05) is 18.7 Å². The lowest BCUT2D eigenvalue weighted by Gasteiger charge is -2.22. The molecule has 0 spiro atoms. The number of ether oxygens (including phenoxy) is 1. The Bertz CT molecular complexity index is 979. The van der Waals surface area contributed by atoms with Crippen LogP contribution in [0, 0.1) is 13.8 Å². The number of likely N-dealkylation sites (N-methyl/N-ethyl adjacent to an activating group) is 1. The summed E-state index contributed by atoms with van der Waals surface area (Å²) in [7, 11) is 4.02. The van der Waals surface area contributed by atoms with Crippen LogP contribution in [0.2, 0.25) is 0 Å². The number of nitrogens with zero attached hydrogens (tertiary/aromatic N) is 3. The second kappa shape index (κ2) is 12.2. The highest BCUT2D eigenvalue weighted by atomic mass is 35.5. The molecule has 0 unspecified atom stereocenters. The number of fused-ring (bicyclic) bond motifs is 1. The van der Waals surface area contributed by atoms with Gasteiger partial charge < -0.3 is 9.64 Å². The number of aryl methyl sites for hydroxylation is 2. The molecule has 1 aromatic heterocycles. The maximum Gasteiger partial charge on any atom is 0.260 e. The Morgan fingerprint density at radius 2 is 1.72 bits per heavy atom. The molecule has 0 atom stereocenters. The third-order valence-electron chi connectivity index (χ3n) is 5.36. The standard InChI is InChI=1S/C25H33N3O2S.ClH/c1-6-7-8-15-30-21-11-9-20(10-12-21)24(29)28(14-13-27(4)5)25-26-22-16-18(2)19(3)17-23(22)31-25;/h9-12,16-17H,6-8,13-15H2,1-5H3;1H. The molecule has 2 aromatic carbocycles. The third-order valence-corrected chi connectivity index (χ3v) is 6.40. The number of hydrogen-bond donors (Lipinski definition) is 0. The van der Waals surface area contributed by atoms with Gasteiger partial charge in [-0.25, -0.2) is 4.98 Å². The molecule has 0 N–H and O–H groups in total. The minimum absolute atomic E-state index is 0. The average Bonchev–Trinajstić information content (AvgIpc) is 3.14. The first-order valence-corrected chi connectivity index (χ1v) is 11.8. The SMILES string of the molecule is CCCCCOc1ccc(C(=O)N(CCN(C)C)c2nc3cc(C)c(C)cc3s2)cc1.Cl. The van der Waals surface area contributed by atoms with Crippen molar-refractivity contribution in [2.75, 3.05) is 38.7 Å². The lowest BCUT2D eigenvalue weighted by Crippen LogP contribution is -2.36. The van der Waals surface area contributed by atoms with Gasteiger partial charge in [-0.2, -0.15) is 0 Å². The minimum atomic E-state index is -0.0353. The summed E-state index contributed by atoms with van der Waals surface area (Å²) < 4.78 is 6.90. The van der Waals surface area contributed by atoms with E-state index in [1.165, 1.54) is 24.0 Å². The molecule has 0 aliphatic heterocycles. The Hall–Kier alpha value is -2.15. The minimum Gasteiger partial charge on any atom is -0.494 e. The summed E-state index contributed by atoms with van der Waals surface area (Å²) >= 11 is 1.57. The van der Waals surface area contributed by atoms with Gasteiger partial charge in [-0.1, -0.05) is 31.1 Å². The topological polar surface area (TPSA) is 45.7 Å². The number of carbonyl (C=O) groups excluding carboxylic acids is 1. The number of amides is 1. The second-order valence-corrected chi connectivity index (χ2v) is 9.25. The van der Waals surface area contributed by atoms with Gasteiger partial charge in [0.1, 0.15) is 5.75 Å². The summed E-state index contributed by atoms with van der Waals surface area (Å²) in [4.78, 5) is 22.1. The summed E-state index contributed by atoms with van der Waals surface area (Å²) in [5, 5.41) is 0.742. The van der Waals surface area contributed by atoms with E-state index in [0.717, 1.165) is 34.1 Å². The monoisotopic (exact) mass is 475 g/mol. The smallest absolute Gasteiger partial charge is 0.260 e. The van der Waals surface area contributed by atoms with Crippen LogP contribution in [-0.2, 0) is 0 Å². The predicted molar refractivity (Wildman–Crippen MR) is 138 cm³/mol. The van der Waals surface area contributed by atoms with Crippen molar-refractivity contribution in [3.63, 3.8) is 0 Å². The molecule has 174 valence electrons.